The summed E-state index contributed by atoms with van der Waals surface area (Å²) in [5.74, 6) is -0.283. The summed E-state index contributed by atoms with van der Waals surface area (Å²) in [7, 11) is 1.53. The molecule has 0 heterocycles. The maximum absolute atomic E-state index is 12.1. The van der Waals surface area contributed by atoms with Gasteiger partial charge in [0.1, 0.15) is 0 Å². The highest BCUT2D eigenvalue weighted by atomic mass is 16.5. The average molecular weight is 305 g/mol. The average Bonchev–Trinajstić information content (AvgIpc) is 3.30. The van der Waals surface area contributed by atoms with Gasteiger partial charge < -0.3 is 21.1 Å². The Morgan fingerprint density at radius 3 is 2.73 bits per heavy atom. The third-order valence-electron chi connectivity index (χ3n) is 3.70. The standard InChI is InChI=1S/C16H23N3O3/c1-10-3-4-11(16(21)18-12-5-6-12)7-14(10)19-15(20)8-13(9-17)22-2/h3-4,7,12-13H,5-6,8-9,17H2,1-2H3,(H,18,21)(H,19,20). The number of rotatable bonds is 7. The molecule has 1 saturated carbocycles. The Balaban J connectivity index is 2.02. The summed E-state index contributed by atoms with van der Waals surface area (Å²) in [5, 5.41) is 5.75. The van der Waals surface area contributed by atoms with Crippen molar-refractivity contribution in [2.75, 3.05) is 19.0 Å². The van der Waals surface area contributed by atoms with Gasteiger partial charge in [-0.15, -0.1) is 0 Å². The Bertz CT molecular complexity index is 552. The molecule has 1 aliphatic rings. The van der Waals surface area contributed by atoms with Crippen LogP contribution in [0, 0.1) is 6.92 Å². The molecule has 0 aromatic heterocycles. The SMILES string of the molecule is COC(CN)CC(=O)Nc1cc(C(=O)NC2CC2)ccc1C. The van der Waals surface area contributed by atoms with E-state index in [0.717, 1.165) is 18.4 Å². The zero-order valence-corrected chi connectivity index (χ0v) is 13.0. The van der Waals surface area contributed by atoms with E-state index in [9.17, 15) is 9.59 Å². The molecule has 0 saturated heterocycles. The van der Waals surface area contributed by atoms with Gasteiger partial charge in [0.15, 0.2) is 0 Å². The molecule has 0 bridgehead atoms. The fraction of sp³-hybridized carbons (Fsp3) is 0.500. The predicted molar refractivity (Wildman–Crippen MR) is 84.8 cm³/mol. The second-order valence-electron chi connectivity index (χ2n) is 5.62. The van der Waals surface area contributed by atoms with Gasteiger partial charge >= 0.3 is 0 Å². The van der Waals surface area contributed by atoms with Crippen LogP contribution >= 0.6 is 0 Å². The lowest BCUT2D eigenvalue weighted by molar-refractivity contribution is -0.118. The van der Waals surface area contributed by atoms with Crippen molar-refractivity contribution in [1.29, 1.82) is 0 Å². The number of anilines is 1. The quantitative estimate of drug-likeness (QED) is 0.705. The lowest BCUT2D eigenvalue weighted by Crippen LogP contribution is -2.28. The second kappa shape index (κ2) is 7.38. The molecule has 0 spiro atoms. The fourth-order valence-electron chi connectivity index (χ4n) is 2.07. The minimum Gasteiger partial charge on any atom is -0.380 e. The molecule has 0 aliphatic heterocycles. The molecule has 1 fully saturated rings. The van der Waals surface area contributed by atoms with Crippen LogP contribution in [-0.2, 0) is 9.53 Å². The monoisotopic (exact) mass is 305 g/mol. The first-order valence-electron chi connectivity index (χ1n) is 7.47. The number of benzene rings is 1. The first-order valence-corrected chi connectivity index (χ1v) is 7.47. The number of nitrogens with one attached hydrogen (secondary N) is 2. The number of carbonyl (C=O) groups excluding carboxylic acids is 2. The number of amides is 2. The van der Waals surface area contributed by atoms with Crippen LogP contribution in [0.2, 0.25) is 0 Å². The van der Waals surface area contributed by atoms with Gasteiger partial charge in [-0.05, 0) is 37.5 Å². The summed E-state index contributed by atoms with van der Waals surface area (Å²) in [5.41, 5.74) is 7.60. The van der Waals surface area contributed by atoms with Crippen molar-refractivity contribution >= 4 is 17.5 Å². The summed E-state index contributed by atoms with van der Waals surface area (Å²) < 4.78 is 5.10. The van der Waals surface area contributed by atoms with Crippen molar-refractivity contribution in [1.82, 2.24) is 5.32 Å². The number of ether oxygens (including phenoxy) is 1. The zero-order chi connectivity index (χ0) is 16.1. The highest BCUT2D eigenvalue weighted by Gasteiger charge is 2.24. The molecular weight excluding hydrogens is 282 g/mol. The lowest BCUT2D eigenvalue weighted by Gasteiger charge is -2.14. The van der Waals surface area contributed by atoms with E-state index in [4.69, 9.17) is 10.5 Å². The van der Waals surface area contributed by atoms with E-state index in [0.29, 0.717) is 17.3 Å². The summed E-state index contributed by atoms with van der Waals surface area (Å²) in [4.78, 5) is 24.1. The van der Waals surface area contributed by atoms with E-state index >= 15 is 0 Å². The molecule has 1 aliphatic carbocycles. The van der Waals surface area contributed by atoms with E-state index in [1.807, 2.05) is 13.0 Å². The molecule has 6 heteroatoms. The van der Waals surface area contributed by atoms with Crippen LogP contribution in [0.3, 0.4) is 0 Å². The molecule has 1 aromatic carbocycles. The van der Waals surface area contributed by atoms with Crippen molar-refractivity contribution in [3.8, 4) is 0 Å². The van der Waals surface area contributed by atoms with Gasteiger partial charge in [-0.1, -0.05) is 6.07 Å². The highest BCUT2D eigenvalue weighted by Crippen LogP contribution is 2.21. The largest absolute Gasteiger partial charge is 0.380 e. The Hall–Kier alpha value is -1.92. The Morgan fingerprint density at radius 1 is 1.41 bits per heavy atom. The maximum atomic E-state index is 12.1. The molecule has 2 amide bonds. The molecule has 120 valence electrons. The van der Waals surface area contributed by atoms with E-state index in [1.54, 1.807) is 12.1 Å². The van der Waals surface area contributed by atoms with E-state index < -0.39 is 0 Å². The van der Waals surface area contributed by atoms with Gasteiger partial charge in [0, 0.05) is 30.9 Å². The molecule has 1 unspecified atom stereocenters. The summed E-state index contributed by atoms with van der Waals surface area (Å²) >= 11 is 0. The van der Waals surface area contributed by atoms with Crippen molar-refractivity contribution in [3.63, 3.8) is 0 Å². The highest BCUT2D eigenvalue weighted by molar-refractivity contribution is 5.98. The van der Waals surface area contributed by atoms with Gasteiger partial charge in [-0.25, -0.2) is 0 Å². The first-order chi connectivity index (χ1) is 10.5. The van der Waals surface area contributed by atoms with Crippen molar-refractivity contribution in [2.24, 2.45) is 5.73 Å². The van der Waals surface area contributed by atoms with Gasteiger partial charge in [0.25, 0.3) is 5.91 Å². The molecule has 2 rings (SSSR count). The number of hydrogen-bond acceptors (Lipinski definition) is 4. The van der Waals surface area contributed by atoms with Crippen LogP contribution in [0.25, 0.3) is 0 Å². The third kappa shape index (κ3) is 4.54. The summed E-state index contributed by atoms with van der Waals surface area (Å²) in [6.07, 6.45) is 1.96. The van der Waals surface area contributed by atoms with Gasteiger partial charge in [-0.3, -0.25) is 9.59 Å². The molecule has 6 nitrogen and oxygen atoms in total. The molecule has 22 heavy (non-hydrogen) atoms. The molecule has 1 aromatic rings. The third-order valence-corrected chi connectivity index (χ3v) is 3.70. The minimum absolute atomic E-state index is 0.102. The van der Waals surface area contributed by atoms with Crippen LogP contribution in [0.4, 0.5) is 5.69 Å². The Kier molecular flexibility index (Phi) is 5.51. The molecule has 0 radical (unpaired) electrons. The predicted octanol–water partition coefficient (Wildman–Crippen LogP) is 1.19. The van der Waals surface area contributed by atoms with Crippen LogP contribution < -0.4 is 16.4 Å². The molecular formula is C16H23N3O3. The van der Waals surface area contributed by atoms with Crippen molar-refractivity contribution < 1.29 is 14.3 Å². The lowest BCUT2D eigenvalue weighted by atomic mass is 10.1. The first kappa shape index (κ1) is 16.5. The smallest absolute Gasteiger partial charge is 0.251 e. The van der Waals surface area contributed by atoms with Crippen LogP contribution in [-0.4, -0.2) is 37.6 Å². The Labute approximate surface area is 130 Å². The molecule has 4 N–H and O–H groups in total. The van der Waals surface area contributed by atoms with Gasteiger partial charge in [-0.2, -0.15) is 0 Å². The number of hydrogen-bond donors (Lipinski definition) is 3. The number of carbonyl (C=O) groups is 2. The van der Waals surface area contributed by atoms with Crippen LogP contribution in [0.15, 0.2) is 18.2 Å². The normalized spacial score (nSPS) is 15.2. The number of aryl methyl sites for hydroxylation is 1. The van der Waals surface area contributed by atoms with Crippen LogP contribution in [0.1, 0.15) is 35.2 Å². The minimum atomic E-state index is -0.304. The Morgan fingerprint density at radius 2 is 2.14 bits per heavy atom. The fourth-order valence-corrected chi connectivity index (χ4v) is 2.07. The van der Waals surface area contributed by atoms with E-state index in [-0.39, 0.29) is 30.9 Å². The molecule has 1 atom stereocenters. The van der Waals surface area contributed by atoms with Gasteiger partial charge in [0.05, 0.1) is 12.5 Å². The summed E-state index contributed by atoms with van der Waals surface area (Å²) in [6, 6.07) is 5.60. The maximum Gasteiger partial charge on any atom is 0.251 e. The number of nitrogens with two attached hydrogens (primary N) is 1. The second-order valence-corrected chi connectivity index (χ2v) is 5.62. The van der Waals surface area contributed by atoms with Crippen LogP contribution in [0.5, 0.6) is 0 Å². The topological polar surface area (TPSA) is 93.4 Å². The zero-order valence-electron chi connectivity index (χ0n) is 13.0. The van der Waals surface area contributed by atoms with E-state index in [2.05, 4.69) is 10.6 Å². The number of methoxy groups -OCH3 is 1. The van der Waals surface area contributed by atoms with Crippen molar-refractivity contribution in [2.45, 2.75) is 38.3 Å². The summed E-state index contributed by atoms with van der Waals surface area (Å²) in [6.45, 7) is 2.17. The van der Waals surface area contributed by atoms with Crippen molar-refractivity contribution in [3.05, 3.63) is 29.3 Å². The van der Waals surface area contributed by atoms with E-state index in [1.165, 1.54) is 7.11 Å². The van der Waals surface area contributed by atoms with Gasteiger partial charge in [0.2, 0.25) is 5.91 Å².